The van der Waals surface area contributed by atoms with Crippen LogP contribution in [-0.2, 0) is 35.4 Å². The van der Waals surface area contributed by atoms with Crippen LogP contribution < -0.4 is 20.7 Å². The molecule has 284 valence electrons. The van der Waals surface area contributed by atoms with Crippen LogP contribution >= 0.6 is 0 Å². The van der Waals surface area contributed by atoms with Crippen LogP contribution in [0, 0.1) is 17.8 Å². The van der Waals surface area contributed by atoms with E-state index in [1.165, 1.54) is 0 Å². The van der Waals surface area contributed by atoms with Gasteiger partial charge in [-0.05, 0) is 90.5 Å². The topological polar surface area (TPSA) is 194 Å². The summed E-state index contributed by atoms with van der Waals surface area (Å²) in [6, 6.07) is 8.47. The minimum Gasteiger partial charge on any atom is -0.444 e. The normalized spacial score (nSPS) is 22.9. The largest absolute Gasteiger partial charge is 0.444 e. The van der Waals surface area contributed by atoms with E-state index < -0.39 is 56.7 Å². The van der Waals surface area contributed by atoms with Crippen molar-refractivity contribution in [2.45, 2.75) is 123 Å². The Morgan fingerprint density at radius 2 is 1.56 bits per heavy atom. The zero-order valence-electron chi connectivity index (χ0n) is 31.2. The fourth-order valence-corrected chi connectivity index (χ4v) is 8.06. The predicted molar refractivity (Wildman–Crippen MR) is 192 cm³/mol. The van der Waals surface area contributed by atoms with Crippen molar-refractivity contribution in [2.75, 3.05) is 20.2 Å². The van der Waals surface area contributed by atoms with Gasteiger partial charge in [-0.1, -0.05) is 51.1 Å². The van der Waals surface area contributed by atoms with E-state index in [2.05, 4.69) is 25.7 Å². The Hall–Kier alpha value is -3.43. The Morgan fingerprint density at radius 1 is 0.960 bits per heavy atom. The Bertz CT molecular complexity index is 1390. The third-order valence-electron chi connectivity index (χ3n) is 8.47. The number of benzene rings is 1. The molecule has 0 bridgehead atoms. The lowest BCUT2D eigenvalue weighted by molar-refractivity contribution is -0.130. The number of ether oxygens (including phenoxy) is 3. The fraction of sp³-hybridized carbons (Fsp3) is 0.714. The molecule has 0 saturated heterocycles. The first-order chi connectivity index (χ1) is 23.1. The number of carbonyl (C=O) groups excluding carboxylic acids is 3. The zero-order chi connectivity index (χ0) is 37.9. The number of nitrogens with one attached hydrogen (secondary N) is 4. The van der Waals surface area contributed by atoms with E-state index in [1.807, 2.05) is 51.1 Å². The number of rotatable bonds is 13. The Morgan fingerprint density at radius 3 is 2.14 bits per heavy atom. The third kappa shape index (κ3) is 14.4. The Kier molecular flexibility index (Phi) is 16.0. The van der Waals surface area contributed by atoms with Crippen LogP contribution in [0.25, 0.3) is 0 Å². The van der Waals surface area contributed by atoms with E-state index in [1.54, 1.807) is 48.7 Å². The second-order valence-corrected chi connectivity index (χ2v) is 16.9. The molecular weight excluding hydrogens is 666 g/mol. The number of nitrogens with zero attached hydrogens (tertiary/aromatic N) is 1. The summed E-state index contributed by atoms with van der Waals surface area (Å²) < 4.78 is 46.3. The number of hydrogen-bond acceptors (Lipinski definition) is 10. The molecular formula is C35H59N5O9S. The molecule has 7 unspecified atom stereocenters. The number of amides is 3. The Labute approximate surface area is 297 Å². The van der Waals surface area contributed by atoms with Crippen molar-refractivity contribution in [2.24, 2.45) is 22.7 Å². The molecule has 1 aromatic carbocycles. The fourth-order valence-electron chi connectivity index (χ4n) is 6.00. The number of sulfonamides is 1. The van der Waals surface area contributed by atoms with Gasteiger partial charge < -0.3 is 30.0 Å². The smallest absolute Gasteiger partial charge is 0.414 e. The minimum absolute atomic E-state index is 0.0339. The molecule has 1 fully saturated rings. The molecule has 2 rings (SSSR count). The van der Waals surface area contributed by atoms with Gasteiger partial charge in [0, 0.05) is 20.2 Å². The maximum atomic E-state index is 13.8. The number of alkyl carbamates (subject to hydrolysis) is 2. The highest BCUT2D eigenvalue weighted by Gasteiger charge is 2.46. The van der Waals surface area contributed by atoms with E-state index in [-0.39, 0.29) is 55.7 Å². The summed E-state index contributed by atoms with van der Waals surface area (Å²) in [7, 11) is -2.43. The van der Waals surface area contributed by atoms with E-state index in [0.29, 0.717) is 12.8 Å². The van der Waals surface area contributed by atoms with Gasteiger partial charge in [-0.25, -0.2) is 18.0 Å². The van der Waals surface area contributed by atoms with Gasteiger partial charge in [0.05, 0.1) is 17.4 Å². The quantitative estimate of drug-likeness (QED) is 0.114. The lowest BCUT2D eigenvalue weighted by Crippen LogP contribution is -2.54. The molecule has 1 aliphatic carbocycles. The van der Waals surface area contributed by atoms with Crippen LogP contribution in [0.15, 0.2) is 35.3 Å². The maximum Gasteiger partial charge on any atom is 0.414 e. The summed E-state index contributed by atoms with van der Waals surface area (Å²) in [5.41, 5.74) is -0.670. The summed E-state index contributed by atoms with van der Waals surface area (Å²) >= 11 is 0. The molecule has 7 atom stereocenters. The van der Waals surface area contributed by atoms with Crippen molar-refractivity contribution < 1.29 is 42.1 Å². The molecule has 1 aromatic rings. The summed E-state index contributed by atoms with van der Waals surface area (Å²) in [5.74, 6) is -1.54. The van der Waals surface area contributed by atoms with E-state index in [4.69, 9.17) is 14.2 Å². The van der Waals surface area contributed by atoms with Gasteiger partial charge >= 0.3 is 12.2 Å². The predicted octanol–water partition coefficient (Wildman–Crippen LogP) is 3.88. The van der Waals surface area contributed by atoms with Crippen molar-refractivity contribution in [3.8, 4) is 0 Å². The molecule has 0 radical (unpaired) electrons. The van der Waals surface area contributed by atoms with Crippen LogP contribution in [0.3, 0.4) is 0 Å². The van der Waals surface area contributed by atoms with Crippen LogP contribution in [0.2, 0.25) is 0 Å². The molecule has 0 spiro atoms. The van der Waals surface area contributed by atoms with Gasteiger partial charge in [0.1, 0.15) is 11.2 Å². The molecule has 0 aromatic heterocycles. The van der Waals surface area contributed by atoms with Crippen LogP contribution in [0.5, 0.6) is 0 Å². The molecule has 3 amide bonds. The van der Waals surface area contributed by atoms with Crippen LogP contribution in [0.1, 0.15) is 87.1 Å². The first kappa shape index (κ1) is 42.7. The summed E-state index contributed by atoms with van der Waals surface area (Å²) in [6.07, 6.45) is -2.07. The molecule has 1 saturated carbocycles. The summed E-state index contributed by atoms with van der Waals surface area (Å²) in [5, 5.41) is 17.9. The first-order valence-corrected chi connectivity index (χ1v) is 18.8. The second-order valence-electron chi connectivity index (χ2n) is 15.0. The Balaban J connectivity index is 2.22. The molecule has 1 aliphatic rings. The molecule has 15 heteroatoms. The lowest BCUT2D eigenvalue weighted by atomic mass is 9.74. The number of hydrogen-bond donors (Lipinski definition) is 5. The van der Waals surface area contributed by atoms with Crippen LogP contribution in [0.4, 0.5) is 9.59 Å². The van der Waals surface area contributed by atoms with E-state index >= 15 is 0 Å². The summed E-state index contributed by atoms with van der Waals surface area (Å²) in [4.78, 5) is 42.6. The number of guanidine groups is 1. The molecule has 14 nitrogen and oxygen atoms in total. The average Bonchev–Trinajstić information content (AvgIpc) is 2.98. The standard InChI is InChI=1S/C35H59N5O9S/c1-22-21-27(47-10)23(2)24(3)29(22)50(45,46)40-31(39-33(44)49-35(7,8)9)37-19-14-17-26(38-32(43)48-34(4,5)6)28(41)30(42)36-20-18-25-15-12-11-13-16-25/h11-13,15-16,22-24,26-29,41H,14,17-21H2,1-10H3,(H,36,42)(H,38,43)(H2,37,39,40,44). The van der Waals surface area contributed by atoms with E-state index in [0.717, 1.165) is 5.56 Å². The van der Waals surface area contributed by atoms with Gasteiger partial charge in [0.15, 0.2) is 6.10 Å². The highest BCUT2D eigenvalue weighted by atomic mass is 32.2. The first-order valence-electron chi connectivity index (χ1n) is 17.2. The molecule has 0 aliphatic heterocycles. The minimum atomic E-state index is -4.05. The maximum absolute atomic E-state index is 13.8. The lowest BCUT2D eigenvalue weighted by Gasteiger charge is -2.42. The number of aliphatic hydroxyl groups is 1. The van der Waals surface area contributed by atoms with Gasteiger partial charge in [-0.3, -0.25) is 19.8 Å². The molecule has 5 N–H and O–H groups in total. The average molecular weight is 726 g/mol. The second kappa shape index (κ2) is 18.7. The van der Waals surface area contributed by atoms with Crippen molar-refractivity contribution in [1.82, 2.24) is 20.7 Å². The summed E-state index contributed by atoms with van der Waals surface area (Å²) in [6.45, 7) is 16.0. The molecule has 50 heavy (non-hydrogen) atoms. The van der Waals surface area contributed by atoms with Gasteiger partial charge in [-0.2, -0.15) is 0 Å². The molecule has 0 heterocycles. The van der Waals surface area contributed by atoms with Crippen molar-refractivity contribution >= 4 is 34.1 Å². The third-order valence-corrected chi connectivity index (χ3v) is 10.6. The monoisotopic (exact) mass is 725 g/mol. The van der Waals surface area contributed by atoms with Crippen LogP contribution in [-0.4, -0.2) is 92.5 Å². The van der Waals surface area contributed by atoms with Crippen molar-refractivity contribution in [3.63, 3.8) is 0 Å². The van der Waals surface area contributed by atoms with Gasteiger partial charge in [-0.15, -0.1) is 0 Å². The van der Waals surface area contributed by atoms with Crippen molar-refractivity contribution in [3.05, 3.63) is 35.9 Å². The van der Waals surface area contributed by atoms with E-state index in [9.17, 15) is 27.9 Å². The highest BCUT2D eigenvalue weighted by molar-refractivity contribution is 7.90. The number of aliphatic hydroxyl groups excluding tert-OH is 1. The SMILES string of the molecule is COC1CC(C)C(S(=O)(=O)NC(=NCCCC(NC(=O)OC(C)(C)C)C(O)C(=O)NCCc2ccccc2)NC(=O)OC(C)(C)C)C(C)C1C. The highest BCUT2D eigenvalue weighted by Crippen LogP contribution is 2.38. The van der Waals surface area contributed by atoms with Gasteiger partial charge in [0.25, 0.3) is 5.91 Å². The number of aliphatic imine (C=N–C) groups is 1. The zero-order valence-corrected chi connectivity index (χ0v) is 32.1. The van der Waals surface area contributed by atoms with Gasteiger partial charge in [0.2, 0.25) is 16.0 Å². The number of carbonyl (C=O) groups is 3. The van der Waals surface area contributed by atoms with Crippen molar-refractivity contribution in [1.29, 1.82) is 0 Å². The number of methoxy groups -OCH3 is 1.